The minimum atomic E-state index is 0.373. The van der Waals surface area contributed by atoms with Gasteiger partial charge in [-0.25, -0.2) is 0 Å². The molecular weight excluding hydrogens is 499 g/mol. The fourth-order valence-electron chi connectivity index (χ4n) is 5.37. The van der Waals surface area contributed by atoms with Crippen LogP contribution in [0.2, 0.25) is 0 Å². The molecule has 1 heteroatoms. The maximum absolute atomic E-state index is 2.45. The summed E-state index contributed by atoms with van der Waals surface area (Å²) in [7, 11) is 0. The van der Waals surface area contributed by atoms with Gasteiger partial charge in [0.25, 0.3) is 0 Å². The summed E-state index contributed by atoms with van der Waals surface area (Å²) in [5.41, 5.74) is 4.10. The van der Waals surface area contributed by atoms with E-state index in [0.717, 1.165) is 0 Å². The van der Waals surface area contributed by atoms with Crippen molar-refractivity contribution >= 4 is 54.9 Å². The monoisotopic (exact) mass is 522 g/mol. The minimum absolute atomic E-state index is 0.373. The van der Waals surface area contributed by atoms with E-state index in [2.05, 4.69) is 139 Å². The Morgan fingerprint density at radius 1 is 0.562 bits per heavy atom. The molecule has 0 N–H and O–H groups in total. The molecule has 1 aliphatic rings. The van der Waals surface area contributed by atoms with Crippen LogP contribution in [0.5, 0.6) is 0 Å². The molecule has 0 saturated heterocycles. The highest BCUT2D eigenvalue weighted by molar-refractivity contribution is 14.1. The lowest BCUT2D eigenvalue weighted by atomic mass is 9.77. The molecule has 0 spiro atoms. The molecule has 32 heavy (non-hydrogen) atoms. The summed E-state index contributed by atoms with van der Waals surface area (Å²) in [6.07, 6.45) is 9.08. The zero-order valence-corrected chi connectivity index (χ0v) is 20.1. The Morgan fingerprint density at radius 3 is 1.72 bits per heavy atom. The molecule has 5 aromatic carbocycles. The molecular formula is C31H23I. The number of hydrogen-bond donors (Lipinski definition) is 0. The van der Waals surface area contributed by atoms with Gasteiger partial charge in [0.05, 0.1) is 0 Å². The largest absolute Gasteiger partial charge is 0.0808 e. The van der Waals surface area contributed by atoms with Crippen LogP contribution in [0.4, 0.5) is 0 Å². The molecule has 0 radical (unpaired) electrons. The predicted molar refractivity (Wildman–Crippen MR) is 147 cm³/mol. The van der Waals surface area contributed by atoms with E-state index in [1.165, 1.54) is 52.6 Å². The molecule has 154 valence electrons. The van der Waals surface area contributed by atoms with Gasteiger partial charge < -0.3 is 0 Å². The van der Waals surface area contributed by atoms with E-state index < -0.39 is 0 Å². The van der Waals surface area contributed by atoms with Crippen LogP contribution >= 0.6 is 22.6 Å². The number of hydrogen-bond acceptors (Lipinski definition) is 0. The Labute approximate surface area is 202 Å². The Bertz CT molecular complexity index is 1500. The first-order valence-corrected chi connectivity index (χ1v) is 12.3. The van der Waals surface area contributed by atoms with Gasteiger partial charge in [0.15, 0.2) is 0 Å². The van der Waals surface area contributed by atoms with Crippen molar-refractivity contribution < 1.29 is 0 Å². The Balaban J connectivity index is 1.79. The van der Waals surface area contributed by atoms with Crippen LogP contribution < -0.4 is 0 Å². The molecule has 0 nitrogen and oxygen atoms in total. The molecule has 1 aliphatic carbocycles. The highest BCUT2D eigenvalue weighted by atomic mass is 127. The normalized spacial score (nSPS) is 18.1. The quantitative estimate of drug-likeness (QED) is 0.160. The van der Waals surface area contributed by atoms with Gasteiger partial charge in [-0.1, -0.05) is 110 Å². The van der Waals surface area contributed by atoms with E-state index in [4.69, 9.17) is 0 Å². The first kappa shape index (κ1) is 19.8. The maximum atomic E-state index is 2.45. The van der Waals surface area contributed by atoms with E-state index in [1.807, 2.05) is 0 Å². The molecule has 6 rings (SSSR count). The number of fused-ring (bicyclic) bond motifs is 3. The van der Waals surface area contributed by atoms with E-state index >= 15 is 0 Å². The summed E-state index contributed by atoms with van der Waals surface area (Å²) < 4.78 is 1.29. The van der Waals surface area contributed by atoms with Crippen LogP contribution in [-0.2, 0) is 0 Å². The maximum Gasteiger partial charge on any atom is 0.0209 e. The lowest BCUT2D eigenvalue weighted by Gasteiger charge is -2.26. The topological polar surface area (TPSA) is 0 Å². The van der Waals surface area contributed by atoms with Crippen LogP contribution in [0.25, 0.3) is 43.4 Å². The molecule has 0 heterocycles. The molecule has 1 unspecified atom stereocenters. The summed E-state index contributed by atoms with van der Waals surface area (Å²) in [6, 6.07) is 31.3. The van der Waals surface area contributed by atoms with E-state index in [-0.39, 0.29) is 0 Å². The highest BCUT2D eigenvalue weighted by Gasteiger charge is 2.24. The smallest absolute Gasteiger partial charge is 0.0209 e. The molecule has 0 bridgehead atoms. The third-order valence-corrected chi connectivity index (χ3v) is 7.80. The van der Waals surface area contributed by atoms with Crippen molar-refractivity contribution in [1.29, 1.82) is 0 Å². The highest BCUT2D eigenvalue weighted by Crippen LogP contribution is 2.46. The van der Waals surface area contributed by atoms with Gasteiger partial charge in [0.1, 0.15) is 0 Å². The summed E-state index contributed by atoms with van der Waals surface area (Å²) in [6.45, 7) is 2.33. The van der Waals surface area contributed by atoms with Gasteiger partial charge in [-0.05, 0) is 83.6 Å². The molecule has 0 aromatic heterocycles. The SMILES string of the molecule is C[C@@H]1C=CC=CC1c1c2ccccc2c(-c2ccc(I)c3ccccc23)c2ccccc12. The van der Waals surface area contributed by atoms with Gasteiger partial charge in [-0.3, -0.25) is 0 Å². The summed E-state index contributed by atoms with van der Waals surface area (Å²) in [5.74, 6) is 0.842. The second-order valence-corrected chi connectivity index (χ2v) is 9.84. The minimum Gasteiger partial charge on any atom is -0.0808 e. The van der Waals surface area contributed by atoms with Gasteiger partial charge in [0, 0.05) is 9.49 Å². The van der Waals surface area contributed by atoms with Gasteiger partial charge in [0.2, 0.25) is 0 Å². The van der Waals surface area contributed by atoms with Gasteiger partial charge >= 0.3 is 0 Å². The van der Waals surface area contributed by atoms with E-state index in [1.54, 1.807) is 0 Å². The van der Waals surface area contributed by atoms with Crippen LogP contribution in [0.1, 0.15) is 18.4 Å². The van der Waals surface area contributed by atoms with Crippen molar-refractivity contribution in [3.63, 3.8) is 0 Å². The third-order valence-electron chi connectivity index (χ3n) is 6.86. The van der Waals surface area contributed by atoms with Crippen LogP contribution in [-0.4, -0.2) is 0 Å². The number of rotatable bonds is 2. The number of benzene rings is 5. The van der Waals surface area contributed by atoms with E-state index in [0.29, 0.717) is 11.8 Å². The molecule has 0 fully saturated rings. The molecule has 0 amide bonds. The second kappa shape index (κ2) is 7.90. The van der Waals surface area contributed by atoms with Crippen LogP contribution in [0.3, 0.4) is 0 Å². The second-order valence-electron chi connectivity index (χ2n) is 8.68. The first-order valence-electron chi connectivity index (χ1n) is 11.2. The first-order chi connectivity index (χ1) is 15.7. The van der Waals surface area contributed by atoms with Gasteiger partial charge in [-0.15, -0.1) is 0 Å². The lowest BCUT2D eigenvalue weighted by Crippen LogP contribution is -2.09. The van der Waals surface area contributed by atoms with Crippen molar-refractivity contribution in [3.05, 3.63) is 118 Å². The zero-order chi connectivity index (χ0) is 21.7. The summed E-state index contributed by atoms with van der Waals surface area (Å²) in [4.78, 5) is 0. The van der Waals surface area contributed by atoms with Crippen molar-refractivity contribution in [2.45, 2.75) is 12.8 Å². The van der Waals surface area contributed by atoms with E-state index in [9.17, 15) is 0 Å². The third kappa shape index (κ3) is 3.02. The average Bonchev–Trinajstić information content (AvgIpc) is 2.84. The van der Waals surface area contributed by atoms with Crippen LogP contribution in [0.15, 0.2) is 109 Å². The van der Waals surface area contributed by atoms with Gasteiger partial charge in [-0.2, -0.15) is 0 Å². The molecule has 2 atom stereocenters. The molecule has 0 saturated carbocycles. The average molecular weight is 522 g/mol. The van der Waals surface area contributed by atoms with Crippen molar-refractivity contribution in [2.75, 3.05) is 0 Å². The van der Waals surface area contributed by atoms with Crippen molar-refractivity contribution in [3.8, 4) is 11.1 Å². The Hall–Kier alpha value is -2.91. The van der Waals surface area contributed by atoms with Crippen molar-refractivity contribution in [1.82, 2.24) is 0 Å². The predicted octanol–water partition coefficient (Wildman–Crippen LogP) is 9.26. The zero-order valence-electron chi connectivity index (χ0n) is 17.9. The number of allylic oxidation sites excluding steroid dienone is 4. The lowest BCUT2D eigenvalue weighted by molar-refractivity contribution is 0.643. The fourth-order valence-corrected chi connectivity index (χ4v) is 6.02. The standard InChI is InChI=1S/C31H23I/c1-20-10-2-3-11-21(20)30-24-14-6-8-16-26(24)31(27-17-9-7-15-25(27)30)28-18-19-29(32)23-13-5-4-12-22(23)28/h2-21H,1H3/t20-,21?/m1/s1. The van der Waals surface area contributed by atoms with Crippen molar-refractivity contribution in [2.24, 2.45) is 5.92 Å². The molecule has 5 aromatic rings. The van der Waals surface area contributed by atoms with Crippen LogP contribution in [0, 0.1) is 9.49 Å². The fraction of sp³-hybridized carbons (Fsp3) is 0.0968. The Morgan fingerprint density at radius 2 is 1.09 bits per heavy atom. The summed E-state index contributed by atoms with van der Waals surface area (Å²) >= 11 is 2.45. The molecule has 0 aliphatic heterocycles. The number of halogens is 1. The summed E-state index contributed by atoms with van der Waals surface area (Å²) in [5, 5.41) is 8.03. The Kier molecular flexibility index (Phi) is 4.87.